The standard InChI is InChI=1S/C18H18ClN3O3/c19-15-9-14(10-16-17(15)25-12-24-16)18(23)22-7-5-21(6-8-22)11-13-1-3-20-4-2-13/h1-4,9-10H,5-8,11-12H2/p+1. The average molecular weight is 361 g/mol. The fourth-order valence-electron chi connectivity index (χ4n) is 3.27. The number of piperazine rings is 1. The number of carbonyl (C=O) groups is 1. The number of hydrogen-bond acceptors (Lipinski definition) is 4. The van der Waals surface area contributed by atoms with Crippen molar-refractivity contribution < 1.29 is 19.2 Å². The molecule has 2 aliphatic heterocycles. The van der Waals surface area contributed by atoms with Crippen LogP contribution < -0.4 is 14.4 Å². The molecule has 0 radical (unpaired) electrons. The Labute approximate surface area is 150 Å². The van der Waals surface area contributed by atoms with Gasteiger partial charge in [0, 0.05) is 23.5 Å². The molecule has 1 saturated heterocycles. The molecule has 4 rings (SSSR count). The molecule has 7 heteroatoms. The molecule has 6 nitrogen and oxygen atoms in total. The van der Waals surface area contributed by atoms with E-state index in [9.17, 15) is 4.79 Å². The third-order valence-electron chi connectivity index (χ3n) is 4.64. The van der Waals surface area contributed by atoms with Gasteiger partial charge >= 0.3 is 0 Å². The monoisotopic (exact) mass is 360 g/mol. The van der Waals surface area contributed by atoms with Crippen molar-refractivity contribution in [1.29, 1.82) is 0 Å². The number of quaternary nitrogens is 1. The molecule has 1 aromatic carbocycles. The maximum Gasteiger partial charge on any atom is 0.254 e. The maximum absolute atomic E-state index is 12.8. The van der Waals surface area contributed by atoms with Crippen molar-refractivity contribution in [2.75, 3.05) is 33.0 Å². The molecule has 0 spiro atoms. The first-order valence-corrected chi connectivity index (χ1v) is 8.69. The lowest BCUT2D eigenvalue weighted by atomic mass is 10.1. The Morgan fingerprint density at radius 1 is 1.20 bits per heavy atom. The summed E-state index contributed by atoms with van der Waals surface area (Å²) in [4.78, 5) is 20.2. The predicted molar refractivity (Wildman–Crippen MR) is 92.1 cm³/mol. The molecule has 25 heavy (non-hydrogen) atoms. The van der Waals surface area contributed by atoms with E-state index in [0.717, 1.165) is 32.7 Å². The van der Waals surface area contributed by atoms with Gasteiger partial charge in [-0.25, -0.2) is 0 Å². The summed E-state index contributed by atoms with van der Waals surface area (Å²) in [5, 5.41) is 0.417. The highest BCUT2D eigenvalue weighted by Gasteiger charge is 2.27. The molecule has 130 valence electrons. The number of nitrogens with zero attached hydrogens (tertiary/aromatic N) is 2. The van der Waals surface area contributed by atoms with E-state index in [0.29, 0.717) is 22.1 Å². The van der Waals surface area contributed by atoms with Gasteiger partial charge in [-0.2, -0.15) is 0 Å². The van der Waals surface area contributed by atoms with E-state index < -0.39 is 0 Å². The van der Waals surface area contributed by atoms with Crippen molar-refractivity contribution in [2.45, 2.75) is 6.54 Å². The SMILES string of the molecule is O=C(c1cc(Cl)c2c(c1)OCO2)N1CC[NH+](Cc2ccncc2)CC1. The minimum Gasteiger partial charge on any atom is -0.454 e. The topological polar surface area (TPSA) is 56.1 Å². The molecule has 2 aromatic rings. The number of ether oxygens (including phenoxy) is 2. The lowest BCUT2D eigenvalue weighted by molar-refractivity contribution is -0.917. The Kier molecular flexibility index (Phi) is 4.46. The molecular formula is C18H19ClN3O3+. The lowest BCUT2D eigenvalue weighted by Crippen LogP contribution is -3.13. The van der Waals surface area contributed by atoms with Crippen LogP contribution in [0.2, 0.25) is 5.02 Å². The van der Waals surface area contributed by atoms with Crippen LogP contribution in [0, 0.1) is 0 Å². The van der Waals surface area contributed by atoms with Crippen LogP contribution in [0.25, 0.3) is 0 Å². The molecule has 0 bridgehead atoms. The third kappa shape index (κ3) is 3.41. The number of amides is 1. The first-order valence-electron chi connectivity index (χ1n) is 8.31. The average Bonchev–Trinajstić information content (AvgIpc) is 3.12. The van der Waals surface area contributed by atoms with E-state index in [4.69, 9.17) is 21.1 Å². The second-order valence-electron chi connectivity index (χ2n) is 6.27. The molecule has 0 atom stereocenters. The van der Waals surface area contributed by atoms with Crippen molar-refractivity contribution >= 4 is 17.5 Å². The molecule has 0 saturated carbocycles. The van der Waals surface area contributed by atoms with E-state index in [-0.39, 0.29) is 12.7 Å². The van der Waals surface area contributed by atoms with E-state index in [2.05, 4.69) is 4.98 Å². The second-order valence-corrected chi connectivity index (χ2v) is 6.67. The first-order chi connectivity index (χ1) is 12.2. The third-order valence-corrected chi connectivity index (χ3v) is 4.92. The van der Waals surface area contributed by atoms with Crippen LogP contribution in [0.1, 0.15) is 15.9 Å². The van der Waals surface area contributed by atoms with Gasteiger partial charge in [0.25, 0.3) is 5.91 Å². The lowest BCUT2D eigenvalue weighted by Gasteiger charge is -2.32. The fraction of sp³-hybridized carbons (Fsp3) is 0.333. The summed E-state index contributed by atoms with van der Waals surface area (Å²) in [7, 11) is 0. The first kappa shape index (κ1) is 16.2. The highest BCUT2D eigenvalue weighted by atomic mass is 35.5. The van der Waals surface area contributed by atoms with Crippen LogP contribution in [0.5, 0.6) is 11.5 Å². The molecule has 1 N–H and O–H groups in total. The molecule has 1 fully saturated rings. The van der Waals surface area contributed by atoms with Crippen LogP contribution in [0.3, 0.4) is 0 Å². The summed E-state index contributed by atoms with van der Waals surface area (Å²) >= 11 is 6.19. The zero-order chi connectivity index (χ0) is 17.2. The maximum atomic E-state index is 12.8. The molecule has 1 amide bonds. The number of fused-ring (bicyclic) bond motifs is 1. The Morgan fingerprint density at radius 3 is 2.72 bits per heavy atom. The number of carbonyl (C=O) groups excluding carboxylic acids is 1. The zero-order valence-electron chi connectivity index (χ0n) is 13.7. The van der Waals surface area contributed by atoms with Crippen LogP contribution in [0.15, 0.2) is 36.7 Å². The molecular weight excluding hydrogens is 342 g/mol. The Balaban J connectivity index is 1.39. The molecule has 2 aliphatic rings. The zero-order valence-corrected chi connectivity index (χ0v) is 14.5. The molecule has 1 aromatic heterocycles. The van der Waals surface area contributed by atoms with Crippen molar-refractivity contribution in [1.82, 2.24) is 9.88 Å². The Bertz CT molecular complexity index is 777. The summed E-state index contributed by atoms with van der Waals surface area (Å²) < 4.78 is 10.6. The number of aromatic nitrogens is 1. The highest BCUT2D eigenvalue weighted by Crippen LogP contribution is 2.40. The molecule has 3 heterocycles. The van der Waals surface area contributed by atoms with Crippen molar-refractivity contribution in [2.24, 2.45) is 0 Å². The van der Waals surface area contributed by atoms with Gasteiger partial charge < -0.3 is 19.3 Å². The summed E-state index contributed by atoms with van der Waals surface area (Å²) in [5.41, 5.74) is 1.82. The van der Waals surface area contributed by atoms with Gasteiger partial charge in [0.2, 0.25) is 6.79 Å². The van der Waals surface area contributed by atoms with Crippen LogP contribution in [-0.4, -0.2) is 48.8 Å². The normalized spacial score (nSPS) is 16.9. The highest BCUT2D eigenvalue weighted by molar-refractivity contribution is 6.32. The number of hydrogen-bond donors (Lipinski definition) is 1. The van der Waals surface area contributed by atoms with E-state index >= 15 is 0 Å². The van der Waals surface area contributed by atoms with Gasteiger partial charge in [-0.1, -0.05) is 11.6 Å². The summed E-state index contributed by atoms with van der Waals surface area (Å²) in [5.74, 6) is 1.05. The van der Waals surface area contributed by atoms with Gasteiger partial charge in [0.1, 0.15) is 6.54 Å². The smallest absolute Gasteiger partial charge is 0.254 e. The fourth-order valence-corrected chi connectivity index (χ4v) is 3.53. The van der Waals surface area contributed by atoms with Crippen LogP contribution >= 0.6 is 11.6 Å². The van der Waals surface area contributed by atoms with E-state index in [1.165, 1.54) is 10.5 Å². The Hall–Kier alpha value is -2.31. The molecule has 0 unspecified atom stereocenters. The minimum absolute atomic E-state index is 0.0110. The van der Waals surface area contributed by atoms with Gasteiger partial charge in [-0.05, 0) is 24.3 Å². The van der Waals surface area contributed by atoms with Crippen molar-refractivity contribution in [3.63, 3.8) is 0 Å². The second kappa shape index (κ2) is 6.90. The van der Waals surface area contributed by atoms with Gasteiger partial charge in [0.05, 0.1) is 31.2 Å². The van der Waals surface area contributed by atoms with Crippen LogP contribution in [0.4, 0.5) is 0 Å². The number of pyridine rings is 1. The van der Waals surface area contributed by atoms with Gasteiger partial charge in [-0.15, -0.1) is 0 Å². The predicted octanol–water partition coefficient (Wildman–Crippen LogP) is 1.00. The Morgan fingerprint density at radius 2 is 1.96 bits per heavy atom. The summed E-state index contributed by atoms with van der Waals surface area (Å²) in [6.07, 6.45) is 3.63. The van der Waals surface area contributed by atoms with E-state index in [1.807, 2.05) is 29.4 Å². The summed E-state index contributed by atoms with van der Waals surface area (Å²) in [6.45, 7) is 4.40. The van der Waals surface area contributed by atoms with Crippen LogP contribution in [-0.2, 0) is 6.54 Å². The number of rotatable bonds is 3. The van der Waals surface area contributed by atoms with Crippen molar-refractivity contribution in [3.8, 4) is 11.5 Å². The van der Waals surface area contributed by atoms with Gasteiger partial charge in [0.15, 0.2) is 11.5 Å². The summed E-state index contributed by atoms with van der Waals surface area (Å²) in [6, 6.07) is 7.46. The molecule has 0 aliphatic carbocycles. The van der Waals surface area contributed by atoms with Crippen molar-refractivity contribution in [3.05, 3.63) is 52.8 Å². The largest absolute Gasteiger partial charge is 0.454 e. The minimum atomic E-state index is -0.0110. The quantitative estimate of drug-likeness (QED) is 0.887. The van der Waals surface area contributed by atoms with Gasteiger partial charge in [-0.3, -0.25) is 9.78 Å². The number of benzene rings is 1. The number of nitrogens with one attached hydrogen (secondary N) is 1. The number of halogens is 1. The van der Waals surface area contributed by atoms with E-state index in [1.54, 1.807) is 12.1 Å².